The normalized spacial score (nSPS) is 10.7. The molecule has 4 nitrogen and oxygen atoms in total. The monoisotopic (exact) mass is 269 g/mol. The fraction of sp³-hybridized carbons (Fsp3) is 0.0667. The van der Waals surface area contributed by atoms with E-state index in [4.69, 9.17) is 10.3 Å². The lowest BCUT2D eigenvalue weighted by Gasteiger charge is -1.99. The van der Waals surface area contributed by atoms with E-state index in [0.717, 1.165) is 11.1 Å². The zero-order valence-electron chi connectivity index (χ0n) is 10.8. The van der Waals surface area contributed by atoms with Gasteiger partial charge in [0, 0.05) is 16.8 Å². The van der Waals surface area contributed by atoms with Crippen molar-refractivity contribution in [2.45, 2.75) is 6.92 Å². The molecule has 2 aromatic carbocycles. The molecule has 1 aromatic heterocycles. The van der Waals surface area contributed by atoms with Crippen molar-refractivity contribution in [3.63, 3.8) is 0 Å². The Labute approximate surface area is 115 Å². The number of hydrogen-bond donors (Lipinski definition) is 1. The summed E-state index contributed by atoms with van der Waals surface area (Å²) in [5.41, 5.74) is 8.56. The molecule has 5 heteroatoms. The van der Waals surface area contributed by atoms with Crippen molar-refractivity contribution >= 4 is 5.69 Å². The van der Waals surface area contributed by atoms with Gasteiger partial charge in [-0.15, -0.1) is 0 Å². The minimum Gasteiger partial charge on any atom is -0.399 e. The van der Waals surface area contributed by atoms with Crippen LogP contribution in [-0.2, 0) is 0 Å². The van der Waals surface area contributed by atoms with Gasteiger partial charge < -0.3 is 10.3 Å². The smallest absolute Gasteiger partial charge is 0.258 e. The lowest BCUT2D eigenvalue weighted by molar-refractivity contribution is 0.432. The van der Waals surface area contributed by atoms with Gasteiger partial charge in [-0.2, -0.15) is 4.98 Å². The zero-order chi connectivity index (χ0) is 14.1. The van der Waals surface area contributed by atoms with Crippen LogP contribution in [0.2, 0.25) is 0 Å². The number of aromatic nitrogens is 2. The van der Waals surface area contributed by atoms with Crippen molar-refractivity contribution in [3.8, 4) is 22.8 Å². The summed E-state index contributed by atoms with van der Waals surface area (Å²) in [5, 5.41) is 3.91. The number of benzene rings is 2. The maximum absolute atomic E-state index is 13.3. The molecule has 0 aliphatic carbocycles. The maximum atomic E-state index is 13.3. The van der Waals surface area contributed by atoms with E-state index in [1.165, 1.54) is 12.1 Å². The van der Waals surface area contributed by atoms with Crippen LogP contribution in [0.1, 0.15) is 5.56 Å². The third-order valence-electron chi connectivity index (χ3n) is 3.00. The average Bonchev–Trinajstić information content (AvgIpc) is 2.91. The van der Waals surface area contributed by atoms with Crippen LogP contribution in [0.4, 0.5) is 10.1 Å². The number of nitrogens with two attached hydrogens (primary N) is 1. The molecule has 0 amide bonds. The Kier molecular flexibility index (Phi) is 2.95. The summed E-state index contributed by atoms with van der Waals surface area (Å²) in [4.78, 5) is 4.29. The van der Waals surface area contributed by atoms with Gasteiger partial charge in [-0.25, -0.2) is 4.39 Å². The van der Waals surface area contributed by atoms with E-state index in [-0.39, 0.29) is 5.82 Å². The predicted octanol–water partition coefficient (Wildman–Crippen LogP) is 3.43. The average molecular weight is 269 g/mol. The molecule has 3 aromatic rings. The lowest BCUT2D eigenvalue weighted by Crippen LogP contribution is -1.87. The molecule has 0 fully saturated rings. The van der Waals surface area contributed by atoms with Gasteiger partial charge >= 0.3 is 0 Å². The minimum absolute atomic E-state index is 0.291. The van der Waals surface area contributed by atoms with Crippen LogP contribution >= 0.6 is 0 Å². The number of halogens is 1. The first-order chi connectivity index (χ1) is 9.63. The number of nitrogens with zero attached hydrogens (tertiary/aromatic N) is 2. The summed E-state index contributed by atoms with van der Waals surface area (Å²) >= 11 is 0. The van der Waals surface area contributed by atoms with Crippen LogP contribution in [0.25, 0.3) is 22.8 Å². The maximum Gasteiger partial charge on any atom is 0.258 e. The molecule has 0 atom stereocenters. The van der Waals surface area contributed by atoms with Crippen molar-refractivity contribution in [1.29, 1.82) is 0 Å². The summed E-state index contributed by atoms with van der Waals surface area (Å²) < 4.78 is 18.5. The molecule has 1 heterocycles. The Balaban J connectivity index is 2.04. The fourth-order valence-corrected chi connectivity index (χ4v) is 1.95. The Hall–Kier alpha value is -2.69. The van der Waals surface area contributed by atoms with Gasteiger partial charge in [-0.1, -0.05) is 23.4 Å². The molecular formula is C15H12FN3O. The topological polar surface area (TPSA) is 64.9 Å². The Morgan fingerprint density at radius 1 is 1.15 bits per heavy atom. The number of nitrogen functional groups attached to an aromatic ring is 1. The molecule has 20 heavy (non-hydrogen) atoms. The van der Waals surface area contributed by atoms with Crippen LogP contribution < -0.4 is 5.73 Å². The van der Waals surface area contributed by atoms with Crippen LogP contribution in [0.3, 0.4) is 0 Å². The first-order valence-corrected chi connectivity index (χ1v) is 6.09. The highest BCUT2D eigenvalue weighted by Crippen LogP contribution is 2.26. The standard InChI is InChI=1S/C15H12FN3O/c1-9-5-6-11(16)8-13(9)15-18-14(19-20-15)10-3-2-4-12(17)7-10/h2-8H,17H2,1H3. The van der Waals surface area contributed by atoms with Crippen LogP contribution in [0.15, 0.2) is 47.0 Å². The molecule has 100 valence electrons. The summed E-state index contributed by atoms with van der Waals surface area (Å²) in [6.07, 6.45) is 0. The molecule has 0 spiro atoms. The molecule has 0 radical (unpaired) electrons. The second-order valence-corrected chi connectivity index (χ2v) is 4.51. The Morgan fingerprint density at radius 3 is 2.80 bits per heavy atom. The minimum atomic E-state index is -0.339. The van der Waals surface area contributed by atoms with Crippen molar-refractivity contribution in [1.82, 2.24) is 10.1 Å². The van der Waals surface area contributed by atoms with E-state index in [2.05, 4.69) is 10.1 Å². The highest BCUT2D eigenvalue weighted by atomic mass is 19.1. The van der Waals surface area contributed by atoms with Gasteiger partial charge in [0.25, 0.3) is 5.89 Å². The number of rotatable bonds is 2. The van der Waals surface area contributed by atoms with Gasteiger partial charge in [0.1, 0.15) is 5.82 Å². The highest BCUT2D eigenvalue weighted by Gasteiger charge is 2.13. The second-order valence-electron chi connectivity index (χ2n) is 4.51. The van der Waals surface area contributed by atoms with Crippen LogP contribution in [0.5, 0.6) is 0 Å². The highest BCUT2D eigenvalue weighted by molar-refractivity contribution is 5.64. The molecule has 0 aliphatic heterocycles. The van der Waals surface area contributed by atoms with Crippen molar-refractivity contribution < 1.29 is 8.91 Å². The summed E-state index contributed by atoms with van der Waals surface area (Å²) in [6, 6.07) is 11.6. The molecule has 3 rings (SSSR count). The van der Waals surface area contributed by atoms with Crippen LogP contribution in [-0.4, -0.2) is 10.1 Å². The number of hydrogen-bond acceptors (Lipinski definition) is 4. The van der Waals surface area contributed by atoms with Gasteiger partial charge in [0.15, 0.2) is 0 Å². The first-order valence-electron chi connectivity index (χ1n) is 6.09. The molecular weight excluding hydrogens is 257 g/mol. The quantitative estimate of drug-likeness (QED) is 0.724. The third-order valence-corrected chi connectivity index (χ3v) is 3.00. The molecule has 0 saturated carbocycles. The second kappa shape index (κ2) is 4.77. The number of anilines is 1. The van der Waals surface area contributed by atoms with Gasteiger partial charge in [-0.3, -0.25) is 0 Å². The molecule has 0 unspecified atom stereocenters. The van der Waals surface area contributed by atoms with E-state index >= 15 is 0 Å². The summed E-state index contributed by atoms with van der Waals surface area (Å²) in [7, 11) is 0. The predicted molar refractivity (Wildman–Crippen MR) is 74.3 cm³/mol. The molecule has 0 bridgehead atoms. The van der Waals surface area contributed by atoms with E-state index in [9.17, 15) is 4.39 Å². The van der Waals surface area contributed by atoms with Gasteiger partial charge in [0.2, 0.25) is 5.82 Å². The van der Waals surface area contributed by atoms with Crippen LogP contribution in [0, 0.1) is 12.7 Å². The molecule has 2 N–H and O–H groups in total. The van der Waals surface area contributed by atoms with Gasteiger partial charge in [-0.05, 0) is 36.8 Å². The van der Waals surface area contributed by atoms with E-state index in [0.29, 0.717) is 23.0 Å². The van der Waals surface area contributed by atoms with Crippen molar-refractivity contribution in [3.05, 3.63) is 53.8 Å². The fourth-order valence-electron chi connectivity index (χ4n) is 1.95. The Bertz CT molecular complexity index is 767. The lowest BCUT2D eigenvalue weighted by atomic mass is 10.1. The first kappa shape index (κ1) is 12.3. The molecule has 0 aliphatic rings. The summed E-state index contributed by atoms with van der Waals surface area (Å²) in [5.74, 6) is 0.379. The van der Waals surface area contributed by atoms with E-state index in [1.54, 1.807) is 18.2 Å². The van der Waals surface area contributed by atoms with E-state index < -0.39 is 0 Å². The summed E-state index contributed by atoms with van der Waals surface area (Å²) in [6.45, 7) is 1.86. The van der Waals surface area contributed by atoms with Gasteiger partial charge in [0.05, 0.1) is 0 Å². The zero-order valence-corrected chi connectivity index (χ0v) is 10.8. The van der Waals surface area contributed by atoms with E-state index in [1.807, 2.05) is 19.1 Å². The van der Waals surface area contributed by atoms with Crippen molar-refractivity contribution in [2.75, 3.05) is 5.73 Å². The SMILES string of the molecule is Cc1ccc(F)cc1-c1nc(-c2cccc(N)c2)no1. The number of aryl methyl sites for hydroxylation is 1. The largest absolute Gasteiger partial charge is 0.399 e. The van der Waals surface area contributed by atoms with Crippen molar-refractivity contribution in [2.24, 2.45) is 0 Å². The molecule has 0 saturated heterocycles. The Morgan fingerprint density at radius 2 is 2.00 bits per heavy atom. The third kappa shape index (κ3) is 2.25.